The maximum Gasteiger partial charge on any atom is 0.183 e. The smallest absolute Gasteiger partial charge is 0.183 e. The molecule has 0 radical (unpaired) electrons. The second-order valence-corrected chi connectivity index (χ2v) is 7.18. The van der Waals surface area contributed by atoms with E-state index >= 15 is 0 Å². The second kappa shape index (κ2) is 4.71. The van der Waals surface area contributed by atoms with Crippen molar-refractivity contribution in [2.24, 2.45) is 0 Å². The van der Waals surface area contributed by atoms with Gasteiger partial charge in [-0.1, -0.05) is 6.92 Å². The van der Waals surface area contributed by atoms with Crippen molar-refractivity contribution in [1.29, 1.82) is 0 Å². The summed E-state index contributed by atoms with van der Waals surface area (Å²) >= 11 is 1.55. The number of rotatable bonds is 3. The first-order valence-corrected chi connectivity index (χ1v) is 8.20. The van der Waals surface area contributed by atoms with Crippen molar-refractivity contribution in [1.82, 2.24) is 4.98 Å². The van der Waals surface area contributed by atoms with Gasteiger partial charge in [0.15, 0.2) is 15.0 Å². The molecule has 16 heavy (non-hydrogen) atoms. The van der Waals surface area contributed by atoms with E-state index in [4.69, 9.17) is 0 Å². The molecule has 0 saturated carbocycles. The maximum absolute atomic E-state index is 11.5. The largest absolute Gasteiger partial charge is 0.358 e. The fourth-order valence-corrected chi connectivity index (χ4v) is 4.35. The highest BCUT2D eigenvalue weighted by Crippen LogP contribution is 2.20. The zero-order valence-electron chi connectivity index (χ0n) is 9.27. The summed E-state index contributed by atoms with van der Waals surface area (Å²) in [5.74, 6) is 0.581. The van der Waals surface area contributed by atoms with E-state index in [9.17, 15) is 8.42 Å². The molecule has 1 saturated heterocycles. The number of thiazole rings is 1. The lowest BCUT2D eigenvalue weighted by atomic mass is 10.2. The van der Waals surface area contributed by atoms with Crippen LogP contribution in [-0.4, -0.2) is 30.9 Å². The molecular weight excluding hydrogens is 244 g/mol. The molecule has 6 heteroatoms. The zero-order chi connectivity index (χ0) is 11.6. The van der Waals surface area contributed by atoms with Crippen LogP contribution in [0.15, 0.2) is 5.38 Å². The predicted octanol–water partition coefficient (Wildman–Crippen LogP) is 1.69. The standard InChI is InChI=1S/C10H16N2O2S2/c1-2-8-6-15-10(11-8)12-9-4-3-5-16(13,14)7-9/h6,9H,2-5,7H2,1H3,(H,11,12). The number of aromatic nitrogens is 1. The van der Waals surface area contributed by atoms with Crippen LogP contribution >= 0.6 is 11.3 Å². The van der Waals surface area contributed by atoms with Crippen LogP contribution in [0.4, 0.5) is 5.13 Å². The van der Waals surface area contributed by atoms with Crippen LogP contribution < -0.4 is 5.32 Å². The van der Waals surface area contributed by atoms with E-state index in [0.717, 1.165) is 30.1 Å². The van der Waals surface area contributed by atoms with Crippen molar-refractivity contribution in [3.05, 3.63) is 11.1 Å². The molecule has 0 aliphatic carbocycles. The highest BCUT2D eigenvalue weighted by atomic mass is 32.2. The minimum absolute atomic E-state index is 0.0367. The molecule has 90 valence electrons. The predicted molar refractivity (Wildman–Crippen MR) is 66.8 cm³/mol. The molecule has 0 bridgehead atoms. The van der Waals surface area contributed by atoms with Crippen LogP contribution in [0.2, 0.25) is 0 Å². The van der Waals surface area contributed by atoms with E-state index in [1.54, 1.807) is 11.3 Å². The van der Waals surface area contributed by atoms with Crippen molar-refractivity contribution in [3.8, 4) is 0 Å². The van der Waals surface area contributed by atoms with Crippen molar-refractivity contribution >= 4 is 26.3 Å². The molecule has 1 atom stereocenters. The average Bonchev–Trinajstić information content (AvgIpc) is 2.64. The Labute approximate surface area is 100 Å². The van der Waals surface area contributed by atoms with Gasteiger partial charge in [-0.05, 0) is 19.3 Å². The van der Waals surface area contributed by atoms with Crippen LogP contribution in [0.25, 0.3) is 0 Å². The number of hydrogen-bond donors (Lipinski definition) is 1. The minimum atomic E-state index is -2.84. The summed E-state index contributed by atoms with van der Waals surface area (Å²) in [5, 5.41) is 6.08. The Morgan fingerprint density at radius 1 is 1.62 bits per heavy atom. The van der Waals surface area contributed by atoms with Gasteiger partial charge in [-0.25, -0.2) is 13.4 Å². The summed E-state index contributed by atoms with van der Waals surface area (Å²) in [4.78, 5) is 4.38. The highest BCUT2D eigenvalue weighted by Gasteiger charge is 2.25. The van der Waals surface area contributed by atoms with Gasteiger partial charge in [0.25, 0.3) is 0 Å². The van der Waals surface area contributed by atoms with E-state index in [1.165, 1.54) is 0 Å². The second-order valence-electron chi connectivity index (χ2n) is 4.10. The molecule has 1 aromatic heterocycles. The Bertz CT molecular complexity index is 453. The fourth-order valence-electron chi connectivity index (χ4n) is 1.85. The zero-order valence-corrected chi connectivity index (χ0v) is 10.9. The summed E-state index contributed by atoms with van der Waals surface area (Å²) in [7, 11) is -2.84. The Kier molecular flexibility index (Phi) is 3.49. The Morgan fingerprint density at radius 3 is 3.06 bits per heavy atom. The monoisotopic (exact) mass is 260 g/mol. The quantitative estimate of drug-likeness (QED) is 0.898. The van der Waals surface area contributed by atoms with Crippen LogP contribution in [0.1, 0.15) is 25.5 Å². The number of hydrogen-bond acceptors (Lipinski definition) is 5. The third-order valence-corrected chi connectivity index (χ3v) is 5.35. The average molecular weight is 260 g/mol. The van der Waals surface area contributed by atoms with Gasteiger partial charge >= 0.3 is 0 Å². The third kappa shape index (κ3) is 2.95. The van der Waals surface area contributed by atoms with Crippen LogP contribution in [0.3, 0.4) is 0 Å². The molecular formula is C10H16N2O2S2. The first-order chi connectivity index (χ1) is 7.59. The lowest BCUT2D eigenvalue weighted by Crippen LogP contribution is -2.34. The maximum atomic E-state index is 11.5. The summed E-state index contributed by atoms with van der Waals surface area (Å²) in [6, 6.07) is 0.0367. The Balaban J connectivity index is 1.99. The SMILES string of the molecule is CCc1csc(NC2CCCS(=O)(=O)C2)n1. The molecule has 2 heterocycles. The molecule has 1 N–H and O–H groups in total. The number of nitrogens with zero attached hydrogens (tertiary/aromatic N) is 1. The van der Waals surface area contributed by atoms with Gasteiger partial charge in [-0.3, -0.25) is 0 Å². The first-order valence-electron chi connectivity index (χ1n) is 5.50. The molecule has 2 rings (SSSR count). The molecule has 1 aromatic rings. The van der Waals surface area contributed by atoms with Crippen molar-refractivity contribution < 1.29 is 8.42 Å². The first kappa shape index (κ1) is 11.9. The lowest BCUT2D eigenvalue weighted by Gasteiger charge is -2.22. The summed E-state index contributed by atoms with van der Waals surface area (Å²) in [6.07, 6.45) is 2.59. The third-order valence-electron chi connectivity index (χ3n) is 2.70. The van der Waals surface area contributed by atoms with Crippen LogP contribution in [-0.2, 0) is 16.3 Å². The van der Waals surface area contributed by atoms with E-state index in [2.05, 4.69) is 17.2 Å². The summed E-state index contributed by atoms with van der Waals surface area (Å²) < 4.78 is 22.9. The van der Waals surface area contributed by atoms with Gasteiger partial charge in [-0.15, -0.1) is 11.3 Å². The van der Waals surface area contributed by atoms with Gasteiger partial charge in [0.1, 0.15) is 0 Å². The molecule has 0 aromatic carbocycles. The van der Waals surface area contributed by atoms with E-state index in [-0.39, 0.29) is 11.8 Å². The van der Waals surface area contributed by atoms with E-state index in [1.807, 2.05) is 5.38 Å². The number of sulfone groups is 1. The Morgan fingerprint density at radius 2 is 2.44 bits per heavy atom. The summed E-state index contributed by atoms with van der Waals surface area (Å²) in [5.41, 5.74) is 1.06. The number of aryl methyl sites for hydroxylation is 1. The van der Waals surface area contributed by atoms with Crippen LogP contribution in [0, 0.1) is 0 Å². The topological polar surface area (TPSA) is 59.1 Å². The number of nitrogens with one attached hydrogen (secondary N) is 1. The fraction of sp³-hybridized carbons (Fsp3) is 0.700. The van der Waals surface area contributed by atoms with E-state index in [0.29, 0.717) is 5.75 Å². The summed E-state index contributed by atoms with van der Waals surface area (Å²) in [6.45, 7) is 2.06. The van der Waals surface area contributed by atoms with Crippen molar-refractivity contribution in [2.45, 2.75) is 32.2 Å². The van der Waals surface area contributed by atoms with Gasteiger partial charge in [0.05, 0.1) is 17.2 Å². The molecule has 1 aliphatic heterocycles. The Hall–Kier alpha value is -0.620. The normalized spacial score (nSPS) is 24.2. The van der Waals surface area contributed by atoms with Gasteiger partial charge in [0, 0.05) is 11.4 Å². The molecule has 1 unspecified atom stereocenters. The van der Waals surface area contributed by atoms with Gasteiger partial charge in [0.2, 0.25) is 0 Å². The minimum Gasteiger partial charge on any atom is -0.358 e. The highest BCUT2D eigenvalue weighted by molar-refractivity contribution is 7.91. The number of anilines is 1. The van der Waals surface area contributed by atoms with Crippen molar-refractivity contribution in [2.75, 3.05) is 16.8 Å². The van der Waals surface area contributed by atoms with Crippen molar-refractivity contribution in [3.63, 3.8) is 0 Å². The van der Waals surface area contributed by atoms with Gasteiger partial charge < -0.3 is 5.32 Å². The molecule has 1 fully saturated rings. The molecule has 0 spiro atoms. The molecule has 1 aliphatic rings. The van der Waals surface area contributed by atoms with Gasteiger partial charge in [-0.2, -0.15) is 0 Å². The lowest BCUT2D eigenvalue weighted by molar-refractivity contribution is 0.562. The molecule has 0 amide bonds. The van der Waals surface area contributed by atoms with Crippen LogP contribution in [0.5, 0.6) is 0 Å². The molecule has 4 nitrogen and oxygen atoms in total. The van der Waals surface area contributed by atoms with E-state index < -0.39 is 9.84 Å².